The molecule has 0 spiro atoms. The van der Waals surface area contributed by atoms with E-state index in [0.29, 0.717) is 19.5 Å². The van der Waals surface area contributed by atoms with Gasteiger partial charge in [0.05, 0.1) is 18.1 Å². The minimum absolute atomic E-state index is 0.0102. The number of rotatable bonds is 13. The Morgan fingerprint density at radius 3 is 2.28 bits per heavy atom. The largest absolute Gasteiger partial charge is 0.369 e. The molecule has 0 unspecified atom stereocenters. The molecule has 2 aromatic carbocycles. The van der Waals surface area contributed by atoms with Gasteiger partial charge in [0.2, 0.25) is 5.91 Å². The summed E-state index contributed by atoms with van der Waals surface area (Å²) in [7, 11) is 0. The van der Waals surface area contributed by atoms with Gasteiger partial charge in [-0.05, 0) is 24.0 Å². The van der Waals surface area contributed by atoms with Crippen LogP contribution >= 0.6 is 11.8 Å². The predicted octanol–water partition coefficient (Wildman–Crippen LogP) is 5.49. The predicted molar refractivity (Wildman–Crippen MR) is 147 cm³/mol. The summed E-state index contributed by atoms with van der Waals surface area (Å²) in [5.41, 5.74) is 3.07. The first-order valence-electron chi connectivity index (χ1n) is 12.7. The molecule has 0 atom stereocenters. The minimum Gasteiger partial charge on any atom is -0.369 e. The van der Waals surface area contributed by atoms with Crippen LogP contribution in [0.1, 0.15) is 50.2 Å². The van der Waals surface area contributed by atoms with Crippen LogP contribution in [0.2, 0.25) is 0 Å². The van der Waals surface area contributed by atoms with Crippen LogP contribution in [-0.4, -0.2) is 44.5 Å². The number of carbonyl (C=O) groups excluding carboxylic acids is 1. The Hall–Kier alpha value is -3.39. The monoisotopic (exact) mass is 502 g/mol. The van der Waals surface area contributed by atoms with Gasteiger partial charge in [0.15, 0.2) is 10.8 Å². The van der Waals surface area contributed by atoms with Crippen molar-refractivity contribution >= 4 is 34.5 Å². The van der Waals surface area contributed by atoms with Crippen LogP contribution in [0.3, 0.4) is 0 Å². The van der Waals surface area contributed by atoms with Crippen molar-refractivity contribution in [3.05, 3.63) is 78.0 Å². The molecule has 4 rings (SSSR count). The van der Waals surface area contributed by atoms with Crippen molar-refractivity contribution in [2.45, 2.75) is 50.7 Å². The Morgan fingerprint density at radius 1 is 0.944 bits per heavy atom. The number of thioether (sulfide) groups is 1. The first-order valence-corrected chi connectivity index (χ1v) is 13.6. The quantitative estimate of drug-likeness (QED) is 0.186. The molecular formula is C28H34N6OS. The van der Waals surface area contributed by atoms with E-state index in [1.165, 1.54) is 0 Å². The lowest BCUT2D eigenvalue weighted by molar-refractivity contribution is -0.121. The molecule has 0 aliphatic heterocycles. The average molecular weight is 503 g/mol. The molecule has 2 aromatic heterocycles. The highest BCUT2D eigenvalue weighted by Crippen LogP contribution is 2.28. The maximum absolute atomic E-state index is 13.0. The number of nitrogens with zero attached hydrogens (tertiary/aromatic N) is 4. The fourth-order valence-electron chi connectivity index (χ4n) is 4.09. The molecule has 0 aliphatic carbocycles. The second kappa shape index (κ2) is 13.1. The van der Waals surface area contributed by atoms with Crippen molar-refractivity contribution in [1.82, 2.24) is 25.1 Å². The number of carbonyl (C=O) groups is 1. The number of amides is 1. The number of nitrogens with one attached hydrogen (secondary N) is 2. The van der Waals surface area contributed by atoms with Gasteiger partial charge in [-0.2, -0.15) is 5.10 Å². The molecule has 8 heteroatoms. The number of anilines is 1. The van der Waals surface area contributed by atoms with Gasteiger partial charge in [-0.15, -0.1) is 0 Å². The fraction of sp³-hybridized carbons (Fsp3) is 0.357. The van der Waals surface area contributed by atoms with Crippen molar-refractivity contribution in [3.63, 3.8) is 0 Å². The molecule has 0 saturated carbocycles. The molecule has 0 fully saturated rings. The Labute approximate surface area is 217 Å². The molecule has 0 saturated heterocycles. The van der Waals surface area contributed by atoms with Gasteiger partial charge in [-0.25, -0.2) is 14.6 Å². The van der Waals surface area contributed by atoms with Gasteiger partial charge in [0, 0.05) is 31.2 Å². The van der Waals surface area contributed by atoms with E-state index in [0.717, 1.165) is 58.3 Å². The highest BCUT2D eigenvalue weighted by atomic mass is 32.2. The standard InChI is InChI=1S/C28H34N6OS/c1-3-15-30-26-24-20-31-34(27(24)33-28(32-26)36-18-4-2)17-16-29-25(35)19-23(21-11-7-5-8-12-21)22-13-9-6-10-14-22/h5-14,20,23H,3-4,15-19H2,1-2H3,(H,29,35)(H,30,32,33). The normalized spacial score (nSPS) is 11.2. The average Bonchev–Trinajstić information content (AvgIpc) is 3.33. The molecule has 188 valence electrons. The molecule has 4 aromatic rings. The zero-order valence-corrected chi connectivity index (χ0v) is 21.8. The van der Waals surface area contributed by atoms with E-state index in [1.54, 1.807) is 11.8 Å². The van der Waals surface area contributed by atoms with Crippen LogP contribution in [0.25, 0.3) is 11.0 Å². The van der Waals surface area contributed by atoms with Gasteiger partial charge < -0.3 is 10.6 Å². The summed E-state index contributed by atoms with van der Waals surface area (Å²) in [6.45, 7) is 6.14. The van der Waals surface area contributed by atoms with E-state index in [1.807, 2.05) is 47.3 Å². The highest BCUT2D eigenvalue weighted by molar-refractivity contribution is 7.99. The summed E-state index contributed by atoms with van der Waals surface area (Å²) in [5, 5.41) is 12.7. The van der Waals surface area contributed by atoms with Crippen molar-refractivity contribution in [3.8, 4) is 0 Å². The van der Waals surface area contributed by atoms with Crippen molar-refractivity contribution < 1.29 is 4.79 Å². The second-order valence-electron chi connectivity index (χ2n) is 8.66. The highest BCUT2D eigenvalue weighted by Gasteiger charge is 2.18. The number of benzene rings is 2. The van der Waals surface area contributed by atoms with Crippen LogP contribution in [0, 0.1) is 0 Å². The Morgan fingerprint density at radius 2 is 1.64 bits per heavy atom. The Bertz CT molecular complexity index is 1210. The first-order chi connectivity index (χ1) is 17.7. The third-order valence-corrected chi connectivity index (χ3v) is 6.95. The maximum Gasteiger partial charge on any atom is 0.221 e. The summed E-state index contributed by atoms with van der Waals surface area (Å²) >= 11 is 1.65. The van der Waals surface area contributed by atoms with Crippen LogP contribution < -0.4 is 10.6 Å². The van der Waals surface area contributed by atoms with Gasteiger partial charge in [0.25, 0.3) is 0 Å². The van der Waals surface area contributed by atoms with Crippen LogP contribution in [0.4, 0.5) is 5.82 Å². The van der Waals surface area contributed by atoms with E-state index in [-0.39, 0.29) is 11.8 Å². The molecular weight excluding hydrogens is 468 g/mol. The third kappa shape index (κ3) is 6.63. The van der Waals surface area contributed by atoms with Gasteiger partial charge >= 0.3 is 0 Å². The van der Waals surface area contributed by atoms with Crippen molar-refractivity contribution in [1.29, 1.82) is 0 Å². The summed E-state index contributed by atoms with van der Waals surface area (Å²) in [5.74, 6) is 1.82. The Kier molecular flexibility index (Phi) is 9.33. The van der Waals surface area contributed by atoms with E-state index in [2.05, 4.69) is 53.8 Å². The third-order valence-electron chi connectivity index (χ3n) is 5.89. The first kappa shape index (κ1) is 25.7. The minimum atomic E-state index is 0.0102. The number of hydrogen-bond donors (Lipinski definition) is 2. The lowest BCUT2D eigenvalue weighted by atomic mass is 9.88. The smallest absolute Gasteiger partial charge is 0.221 e. The molecule has 0 bridgehead atoms. The molecule has 36 heavy (non-hydrogen) atoms. The van der Waals surface area contributed by atoms with E-state index >= 15 is 0 Å². The number of fused-ring (bicyclic) bond motifs is 1. The van der Waals surface area contributed by atoms with Gasteiger partial charge in [-0.3, -0.25) is 4.79 Å². The second-order valence-corrected chi connectivity index (χ2v) is 9.73. The van der Waals surface area contributed by atoms with Gasteiger partial charge in [-0.1, -0.05) is 86.3 Å². The summed E-state index contributed by atoms with van der Waals surface area (Å²) < 4.78 is 1.86. The van der Waals surface area contributed by atoms with Gasteiger partial charge in [0.1, 0.15) is 5.82 Å². The summed E-state index contributed by atoms with van der Waals surface area (Å²) in [4.78, 5) is 22.4. The van der Waals surface area contributed by atoms with E-state index < -0.39 is 0 Å². The maximum atomic E-state index is 13.0. The molecule has 2 N–H and O–H groups in total. The lowest BCUT2D eigenvalue weighted by Crippen LogP contribution is -2.29. The number of aromatic nitrogens is 4. The SMILES string of the molecule is CCCNc1nc(SCCC)nc2c1cnn2CCNC(=O)CC(c1ccccc1)c1ccccc1. The van der Waals surface area contributed by atoms with Crippen LogP contribution in [-0.2, 0) is 11.3 Å². The van der Waals surface area contributed by atoms with Crippen LogP contribution in [0.5, 0.6) is 0 Å². The van der Waals surface area contributed by atoms with Crippen molar-refractivity contribution in [2.75, 3.05) is 24.2 Å². The topological polar surface area (TPSA) is 84.7 Å². The zero-order valence-electron chi connectivity index (χ0n) is 21.0. The van der Waals surface area contributed by atoms with E-state index in [9.17, 15) is 4.79 Å². The summed E-state index contributed by atoms with van der Waals surface area (Å²) in [6.07, 6.45) is 4.27. The van der Waals surface area contributed by atoms with Crippen LogP contribution in [0.15, 0.2) is 72.0 Å². The Balaban J connectivity index is 1.44. The summed E-state index contributed by atoms with van der Waals surface area (Å²) in [6, 6.07) is 20.4. The molecule has 7 nitrogen and oxygen atoms in total. The molecule has 2 heterocycles. The molecule has 1 amide bonds. The zero-order chi connectivity index (χ0) is 25.2. The van der Waals surface area contributed by atoms with Crippen molar-refractivity contribution in [2.24, 2.45) is 0 Å². The molecule has 0 aliphatic rings. The lowest BCUT2D eigenvalue weighted by Gasteiger charge is -2.18. The fourth-order valence-corrected chi connectivity index (χ4v) is 4.79. The van der Waals surface area contributed by atoms with E-state index in [4.69, 9.17) is 9.97 Å². The molecule has 0 radical (unpaired) electrons. The number of hydrogen-bond acceptors (Lipinski definition) is 6.